The van der Waals surface area contributed by atoms with Gasteiger partial charge >= 0.3 is 5.97 Å². The molecule has 0 fully saturated rings. The van der Waals surface area contributed by atoms with Crippen LogP contribution in [0.2, 0.25) is 0 Å². The van der Waals surface area contributed by atoms with Crippen molar-refractivity contribution in [2.75, 3.05) is 0 Å². The largest absolute Gasteiger partial charge is 0.485 e. The zero-order valence-corrected chi connectivity index (χ0v) is 11.3. The van der Waals surface area contributed by atoms with Gasteiger partial charge in [-0.2, -0.15) is 0 Å². The van der Waals surface area contributed by atoms with E-state index in [0.29, 0.717) is 6.42 Å². The molecule has 0 saturated carbocycles. The van der Waals surface area contributed by atoms with Gasteiger partial charge in [0.05, 0.1) is 0 Å². The van der Waals surface area contributed by atoms with E-state index in [-0.39, 0.29) is 18.2 Å². The molecule has 2 aromatic carbocycles. The lowest BCUT2D eigenvalue weighted by Crippen LogP contribution is -2.22. The molecular formula is C17H16O3. The number of hydrogen-bond donors (Lipinski definition) is 0. The van der Waals surface area contributed by atoms with Crippen molar-refractivity contribution in [1.29, 1.82) is 0 Å². The van der Waals surface area contributed by atoms with E-state index < -0.39 is 0 Å². The van der Waals surface area contributed by atoms with E-state index in [0.717, 1.165) is 16.9 Å². The number of rotatable bonds is 2. The molecule has 2 unspecified atom stereocenters. The maximum atomic E-state index is 11.3. The van der Waals surface area contributed by atoms with Crippen molar-refractivity contribution in [2.24, 2.45) is 0 Å². The number of ether oxygens (including phenoxy) is 2. The summed E-state index contributed by atoms with van der Waals surface area (Å²) in [6.45, 7) is 1.44. The Hall–Kier alpha value is -2.29. The second kappa shape index (κ2) is 5.37. The van der Waals surface area contributed by atoms with Crippen molar-refractivity contribution in [2.45, 2.75) is 25.6 Å². The minimum Gasteiger partial charge on any atom is -0.485 e. The lowest BCUT2D eigenvalue weighted by atomic mass is 9.95. The van der Waals surface area contributed by atoms with Gasteiger partial charge < -0.3 is 9.47 Å². The summed E-state index contributed by atoms with van der Waals surface area (Å²) >= 11 is 0. The third-order valence-corrected chi connectivity index (χ3v) is 3.44. The third-order valence-electron chi connectivity index (χ3n) is 3.44. The molecular weight excluding hydrogens is 252 g/mol. The molecule has 3 rings (SSSR count). The van der Waals surface area contributed by atoms with Crippen molar-refractivity contribution >= 4 is 5.97 Å². The molecule has 102 valence electrons. The Morgan fingerprint density at radius 2 is 1.80 bits per heavy atom. The van der Waals surface area contributed by atoms with E-state index in [1.54, 1.807) is 0 Å². The Morgan fingerprint density at radius 3 is 2.55 bits per heavy atom. The molecule has 0 radical (unpaired) electrons. The normalized spacial score (nSPS) is 20.6. The Balaban J connectivity index is 1.94. The number of para-hydroxylation sites is 1. The molecule has 1 aliphatic rings. The highest BCUT2D eigenvalue weighted by Crippen LogP contribution is 2.42. The fourth-order valence-electron chi connectivity index (χ4n) is 2.56. The van der Waals surface area contributed by atoms with Gasteiger partial charge in [-0.3, -0.25) is 4.79 Å². The summed E-state index contributed by atoms with van der Waals surface area (Å²) in [4.78, 5) is 11.3. The molecule has 0 amide bonds. The van der Waals surface area contributed by atoms with Gasteiger partial charge in [-0.15, -0.1) is 0 Å². The lowest BCUT2D eigenvalue weighted by Gasteiger charge is -2.31. The van der Waals surface area contributed by atoms with Crippen LogP contribution in [0.5, 0.6) is 5.75 Å². The molecule has 2 atom stereocenters. The predicted octanol–water partition coefficient (Wildman–Crippen LogP) is 3.81. The SMILES string of the molecule is CC(=O)OC1CC(c2ccccc2)Oc2ccccc21. The average Bonchev–Trinajstić information content (AvgIpc) is 2.47. The van der Waals surface area contributed by atoms with Crippen LogP contribution in [0.25, 0.3) is 0 Å². The highest BCUT2D eigenvalue weighted by Gasteiger charge is 2.30. The van der Waals surface area contributed by atoms with Crippen molar-refractivity contribution in [3.63, 3.8) is 0 Å². The highest BCUT2D eigenvalue weighted by molar-refractivity contribution is 5.66. The fourth-order valence-corrected chi connectivity index (χ4v) is 2.56. The van der Waals surface area contributed by atoms with Gasteiger partial charge in [0.15, 0.2) is 0 Å². The standard InChI is InChI=1S/C17H16O3/c1-12(18)19-17-11-16(13-7-3-2-4-8-13)20-15-10-6-5-9-14(15)17/h2-10,16-17H,11H2,1H3. The Bertz CT molecular complexity index is 607. The number of fused-ring (bicyclic) bond motifs is 1. The van der Waals surface area contributed by atoms with E-state index in [9.17, 15) is 4.79 Å². The smallest absolute Gasteiger partial charge is 0.303 e. The van der Waals surface area contributed by atoms with E-state index in [1.807, 2.05) is 54.6 Å². The van der Waals surface area contributed by atoms with Crippen LogP contribution in [0.15, 0.2) is 54.6 Å². The summed E-state index contributed by atoms with van der Waals surface area (Å²) < 4.78 is 11.5. The molecule has 0 N–H and O–H groups in total. The van der Waals surface area contributed by atoms with Crippen molar-refractivity contribution < 1.29 is 14.3 Å². The maximum Gasteiger partial charge on any atom is 0.303 e. The Morgan fingerprint density at radius 1 is 1.10 bits per heavy atom. The van der Waals surface area contributed by atoms with Crippen LogP contribution >= 0.6 is 0 Å². The minimum absolute atomic E-state index is 0.0875. The molecule has 0 aromatic heterocycles. The maximum absolute atomic E-state index is 11.3. The Labute approximate surface area is 118 Å². The quantitative estimate of drug-likeness (QED) is 0.777. The van der Waals surface area contributed by atoms with Gasteiger partial charge in [0.2, 0.25) is 0 Å². The van der Waals surface area contributed by atoms with Gasteiger partial charge in [0.1, 0.15) is 18.0 Å². The molecule has 1 heterocycles. The number of benzene rings is 2. The van der Waals surface area contributed by atoms with Crippen LogP contribution in [0, 0.1) is 0 Å². The van der Waals surface area contributed by atoms with Gasteiger partial charge in [0.25, 0.3) is 0 Å². The van der Waals surface area contributed by atoms with Gasteiger partial charge in [-0.05, 0) is 11.6 Å². The first-order chi connectivity index (χ1) is 9.74. The van der Waals surface area contributed by atoms with Crippen LogP contribution in [0.4, 0.5) is 0 Å². The summed E-state index contributed by atoms with van der Waals surface area (Å²) in [5, 5.41) is 0. The number of hydrogen-bond acceptors (Lipinski definition) is 3. The number of carbonyl (C=O) groups is 1. The van der Waals surface area contributed by atoms with Crippen LogP contribution in [-0.2, 0) is 9.53 Å². The van der Waals surface area contributed by atoms with Crippen molar-refractivity contribution in [1.82, 2.24) is 0 Å². The van der Waals surface area contributed by atoms with Crippen LogP contribution in [0.1, 0.15) is 36.7 Å². The molecule has 1 aliphatic heterocycles. The minimum atomic E-state index is -0.265. The highest BCUT2D eigenvalue weighted by atomic mass is 16.6. The monoisotopic (exact) mass is 268 g/mol. The third kappa shape index (κ3) is 2.52. The molecule has 0 saturated heterocycles. The Kier molecular flexibility index (Phi) is 3.42. The number of carbonyl (C=O) groups excluding carboxylic acids is 1. The molecule has 0 aliphatic carbocycles. The zero-order valence-electron chi connectivity index (χ0n) is 11.3. The van der Waals surface area contributed by atoms with E-state index in [1.165, 1.54) is 6.92 Å². The second-order valence-corrected chi connectivity index (χ2v) is 4.89. The van der Waals surface area contributed by atoms with E-state index in [2.05, 4.69) is 0 Å². The molecule has 20 heavy (non-hydrogen) atoms. The van der Waals surface area contributed by atoms with Gasteiger partial charge in [-0.25, -0.2) is 0 Å². The van der Waals surface area contributed by atoms with E-state index in [4.69, 9.17) is 9.47 Å². The lowest BCUT2D eigenvalue weighted by molar-refractivity contribution is -0.149. The van der Waals surface area contributed by atoms with Gasteiger partial charge in [-0.1, -0.05) is 48.5 Å². The van der Waals surface area contributed by atoms with Crippen molar-refractivity contribution in [3.8, 4) is 5.75 Å². The fraction of sp³-hybridized carbons (Fsp3) is 0.235. The summed E-state index contributed by atoms with van der Waals surface area (Å²) in [5.74, 6) is 0.525. The van der Waals surface area contributed by atoms with Gasteiger partial charge in [0, 0.05) is 18.9 Å². The van der Waals surface area contributed by atoms with Crippen molar-refractivity contribution in [3.05, 3.63) is 65.7 Å². The first-order valence-electron chi connectivity index (χ1n) is 6.72. The molecule has 3 nitrogen and oxygen atoms in total. The van der Waals surface area contributed by atoms with Crippen LogP contribution in [-0.4, -0.2) is 5.97 Å². The zero-order chi connectivity index (χ0) is 13.9. The van der Waals surface area contributed by atoms with E-state index >= 15 is 0 Å². The predicted molar refractivity (Wildman–Crippen MR) is 75.4 cm³/mol. The first-order valence-corrected chi connectivity index (χ1v) is 6.72. The summed E-state index contributed by atoms with van der Waals surface area (Å²) in [7, 11) is 0. The summed E-state index contributed by atoms with van der Waals surface area (Å²) in [6.07, 6.45) is 0.304. The van der Waals surface area contributed by atoms with Crippen LogP contribution < -0.4 is 4.74 Å². The molecule has 0 bridgehead atoms. The first kappa shape index (κ1) is 12.7. The summed E-state index contributed by atoms with van der Waals surface area (Å²) in [6, 6.07) is 17.7. The molecule has 3 heteroatoms. The molecule has 2 aromatic rings. The topological polar surface area (TPSA) is 35.5 Å². The second-order valence-electron chi connectivity index (χ2n) is 4.89. The molecule has 0 spiro atoms. The summed E-state index contributed by atoms with van der Waals surface area (Å²) in [5.41, 5.74) is 2.04. The van der Waals surface area contributed by atoms with Crippen LogP contribution in [0.3, 0.4) is 0 Å². The average molecular weight is 268 g/mol. The number of esters is 1.